The van der Waals surface area contributed by atoms with Crippen LogP contribution in [-0.4, -0.2) is 24.8 Å². The largest absolute Gasteiger partial charge is 0.353 e. The molecule has 5 heteroatoms. The van der Waals surface area contributed by atoms with Crippen LogP contribution in [0.15, 0.2) is 47.2 Å². The molecule has 5 nitrogen and oxygen atoms in total. The maximum absolute atomic E-state index is 11.9. The van der Waals surface area contributed by atoms with Crippen molar-refractivity contribution >= 4 is 17.9 Å². The summed E-state index contributed by atoms with van der Waals surface area (Å²) in [7, 11) is 0. The molecule has 2 N–H and O–H groups in total. The number of carbonyl (C=O) groups excluding carboxylic acids is 1. The highest BCUT2D eigenvalue weighted by Gasteiger charge is 2.28. The summed E-state index contributed by atoms with van der Waals surface area (Å²) >= 11 is 0. The zero-order valence-corrected chi connectivity index (χ0v) is 12.4. The summed E-state index contributed by atoms with van der Waals surface area (Å²) in [4.78, 5) is 18.6. The van der Waals surface area contributed by atoms with E-state index in [1.807, 2.05) is 18.3 Å². The Balaban J connectivity index is 1.67. The van der Waals surface area contributed by atoms with E-state index in [9.17, 15) is 4.79 Å². The van der Waals surface area contributed by atoms with Gasteiger partial charge in [-0.15, -0.1) is 0 Å². The second kappa shape index (κ2) is 5.02. The number of hydrogen-bond donors (Lipinski definition) is 2. The molecule has 2 atom stereocenters. The van der Waals surface area contributed by atoms with Crippen LogP contribution >= 0.6 is 0 Å². The molecule has 3 aliphatic rings. The van der Waals surface area contributed by atoms with Gasteiger partial charge in [0.1, 0.15) is 0 Å². The summed E-state index contributed by atoms with van der Waals surface area (Å²) in [6.07, 6.45) is 8.81. The second-order valence-corrected chi connectivity index (χ2v) is 5.78. The van der Waals surface area contributed by atoms with E-state index < -0.39 is 0 Å². The molecule has 0 spiro atoms. The molecular formula is C17H18N4O. The van der Waals surface area contributed by atoms with Crippen molar-refractivity contribution in [1.82, 2.24) is 10.6 Å². The predicted molar refractivity (Wildman–Crippen MR) is 86.9 cm³/mol. The van der Waals surface area contributed by atoms with Crippen molar-refractivity contribution in [1.29, 1.82) is 0 Å². The molecule has 0 aromatic heterocycles. The van der Waals surface area contributed by atoms with Crippen LogP contribution in [0.3, 0.4) is 0 Å². The Kier molecular flexibility index (Phi) is 2.99. The molecule has 4 rings (SSSR count). The third kappa shape index (κ3) is 2.01. The van der Waals surface area contributed by atoms with Gasteiger partial charge in [-0.3, -0.25) is 9.79 Å². The Morgan fingerprint density at radius 3 is 3.18 bits per heavy atom. The quantitative estimate of drug-likeness (QED) is 0.878. The number of nitrogens with zero attached hydrogens (tertiary/aromatic N) is 2. The third-order valence-corrected chi connectivity index (χ3v) is 4.48. The zero-order valence-electron chi connectivity index (χ0n) is 12.4. The summed E-state index contributed by atoms with van der Waals surface area (Å²) in [5.41, 5.74) is 4.21. The molecule has 2 unspecified atom stereocenters. The van der Waals surface area contributed by atoms with Crippen LogP contribution in [0.5, 0.6) is 0 Å². The van der Waals surface area contributed by atoms with E-state index in [4.69, 9.17) is 0 Å². The lowest BCUT2D eigenvalue weighted by Crippen LogP contribution is -2.34. The number of benzene rings is 1. The highest BCUT2D eigenvalue weighted by molar-refractivity contribution is 5.99. The van der Waals surface area contributed by atoms with Gasteiger partial charge in [-0.25, -0.2) is 0 Å². The zero-order chi connectivity index (χ0) is 15.1. The number of anilines is 1. The summed E-state index contributed by atoms with van der Waals surface area (Å²) in [5, 5.41) is 6.05. The van der Waals surface area contributed by atoms with E-state index >= 15 is 0 Å². The molecule has 3 aliphatic heterocycles. The van der Waals surface area contributed by atoms with Gasteiger partial charge < -0.3 is 15.5 Å². The Labute approximate surface area is 129 Å². The number of rotatable bonds is 2. The number of fused-ring (bicyclic) bond motifs is 2. The molecule has 0 aliphatic carbocycles. The average molecular weight is 294 g/mol. The third-order valence-electron chi connectivity index (χ3n) is 4.48. The first kappa shape index (κ1) is 13.1. The normalized spacial score (nSPS) is 25.2. The number of hydrogen-bond acceptors (Lipinski definition) is 4. The van der Waals surface area contributed by atoms with E-state index in [-0.39, 0.29) is 18.0 Å². The fourth-order valence-electron chi connectivity index (χ4n) is 3.23. The van der Waals surface area contributed by atoms with Gasteiger partial charge in [0.2, 0.25) is 0 Å². The van der Waals surface area contributed by atoms with Gasteiger partial charge in [-0.1, -0.05) is 6.92 Å². The fourth-order valence-corrected chi connectivity index (χ4v) is 3.23. The molecule has 1 aromatic rings. The maximum atomic E-state index is 11.9. The van der Waals surface area contributed by atoms with Crippen LogP contribution in [-0.2, 0) is 0 Å². The number of nitrogens with one attached hydrogen (secondary N) is 2. The van der Waals surface area contributed by atoms with Gasteiger partial charge in [0, 0.05) is 30.2 Å². The number of amides is 1. The van der Waals surface area contributed by atoms with Crippen LogP contribution < -0.4 is 15.5 Å². The first-order valence-electron chi connectivity index (χ1n) is 7.63. The molecule has 22 heavy (non-hydrogen) atoms. The smallest absolute Gasteiger partial charge is 0.252 e. The first-order valence-corrected chi connectivity index (χ1v) is 7.63. The van der Waals surface area contributed by atoms with Crippen molar-refractivity contribution < 1.29 is 4.79 Å². The number of carbonyl (C=O) groups is 1. The lowest BCUT2D eigenvalue weighted by molar-refractivity contribution is 0.0955. The van der Waals surface area contributed by atoms with Gasteiger partial charge in [0.05, 0.1) is 18.4 Å². The van der Waals surface area contributed by atoms with Crippen LogP contribution in [0.25, 0.3) is 0 Å². The fraction of sp³-hybridized carbons (Fsp3) is 0.294. The van der Waals surface area contributed by atoms with Gasteiger partial charge in [0.15, 0.2) is 0 Å². The standard InChI is InChI=1S/C17H18N4O/c1-2-15-14-7-12(3-4-13(14)17(22)20-15)21-6-5-11-8-18-10-19-16(11)9-21/h3-8,10,15-16H,2,9H2,1H3,(H,18,19)(H,20,22). The van der Waals surface area contributed by atoms with Crippen molar-refractivity contribution in [3.63, 3.8) is 0 Å². The molecule has 1 amide bonds. The van der Waals surface area contributed by atoms with Gasteiger partial charge in [0.25, 0.3) is 5.91 Å². The van der Waals surface area contributed by atoms with E-state index in [0.29, 0.717) is 0 Å². The Hall–Kier alpha value is -2.56. The topological polar surface area (TPSA) is 56.7 Å². The van der Waals surface area contributed by atoms with Crippen LogP contribution in [0, 0.1) is 0 Å². The van der Waals surface area contributed by atoms with Gasteiger partial charge in [-0.2, -0.15) is 0 Å². The first-order chi connectivity index (χ1) is 10.8. The SMILES string of the molecule is CCC1NC(=O)c2ccc(N3C=CC4=CNC=NC4C3)cc21. The predicted octanol–water partition coefficient (Wildman–Crippen LogP) is 2.10. The van der Waals surface area contributed by atoms with Crippen molar-refractivity contribution in [2.75, 3.05) is 11.4 Å². The van der Waals surface area contributed by atoms with Crippen molar-refractivity contribution in [2.45, 2.75) is 25.4 Å². The van der Waals surface area contributed by atoms with Crippen molar-refractivity contribution in [3.05, 3.63) is 53.4 Å². The van der Waals surface area contributed by atoms with E-state index in [2.05, 4.69) is 45.8 Å². The van der Waals surface area contributed by atoms with Crippen molar-refractivity contribution in [3.8, 4) is 0 Å². The molecule has 112 valence electrons. The molecule has 0 fully saturated rings. The van der Waals surface area contributed by atoms with E-state index in [1.165, 1.54) is 5.57 Å². The lowest BCUT2D eigenvalue weighted by Gasteiger charge is -2.31. The molecule has 1 aromatic carbocycles. The highest BCUT2D eigenvalue weighted by Crippen LogP contribution is 2.32. The van der Waals surface area contributed by atoms with Crippen LogP contribution in [0.2, 0.25) is 0 Å². The van der Waals surface area contributed by atoms with E-state index in [1.54, 1.807) is 6.34 Å². The van der Waals surface area contributed by atoms with Crippen molar-refractivity contribution in [2.24, 2.45) is 4.99 Å². The summed E-state index contributed by atoms with van der Waals surface area (Å²) in [6, 6.07) is 6.37. The monoisotopic (exact) mass is 294 g/mol. The van der Waals surface area contributed by atoms with Crippen LogP contribution in [0.4, 0.5) is 5.69 Å². The average Bonchev–Trinajstić information content (AvgIpc) is 2.90. The van der Waals surface area contributed by atoms with E-state index in [0.717, 1.165) is 29.8 Å². The summed E-state index contributed by atoms with van der Waals surface area (Å²) < 4.78 is 0. The van der Waals surface area contributed by atoms with Crippen LogP contribution in [0.1, 0.15) is 35.3 Å². The van der Waals surface area contributed by atoms with Gasteiger partial charge in [-0.05, 0) is 41.8 Å². The minimum Gasteiger partial charge on any atom is -0.353 e. The molecule has 0 saturated carbocycles. The number of aliphatic imine (C=N–C) groups is 1. The molecule has 0 saturated heterocycles. The Bertz CT molecular complexity index is 719. The maximum Gasteiger partial charge on any atom is 0.252 e. The summed E-state index contributed by atoms with van der Waals surface area (Å²) in [6.45, 7) is 2.91. The lowest BCUT2D eigenvalue weighted by atomic mass is 10.00. The molecule has 0 bridgehead atoms. The minimum absolute atomic E-state index is 0.0377. The Morgan fingerprint density at radius 1 is 1.41 bits per heavy atom. The Morgan fingerprint density at radius 2 is 2.32 bits per heavy atom. The molecule has 0 radical (unpaired) electrons. The minimum atomic E-state index is 0.0377. The second-order valence-electron chi connectivity index (χ2n) is 5.78. The molecular weight excluding hydrogens is 276 g/mol. The summed E-state index contributed by atoms with van der Waals surface area (Å²) in [5.74, 6) is 0.0377. The van der Waals surface area contributed by atoms with Gasteiger partial charge >= 0.3 is 0 Å². The molecule has 3 heterocycles. The highest BCUT2D eigenvalue weighted by atomic mass is 16.2.